The summed E-state index contributed by atoms with van der Waals surface area (Å²) in [6.07, 6.45) is 1.20. The Kier molecular flexibility index (Phi) is 3.33. The zero-order valence-corrected chi connectivity index (χ0v) is 12.0. The van der Waals surface area contributed by atoms with Gasteiger partial charge in [-0.2, -0.15) is 5.10 Å². The average Bonchev–Trinajstić information content (AvgIpc) is 2.98. The molecule has 1 unspecified atom stereocenters. The topological polar surface area (TPSA) is 29.9 Å². The fraction of sp³-hybridized carbons (Fsp3) is 0.400. The summed E-state index contributed by atoms with van der Waals surface area (Å²) in [5.41, 5.74) is 4.79. The Hall–Kier alpha value is -1.32. The number of hydrogen-bond donors (Lipinski definition) is 1. The molecule has 1 atom stereocenters. The summed E-state index contributed by atoms with van der Waals surface area (Å²) < 4.78 is 2.01. The molecule has 0 amide bonds. The van der Waals surface area contributed by atoms with Crippen LogP contribution in [0.4, 0.5) is 0 Å². The molecule has 2 aromatic rings. The molecule has 3 rings (SSSR count). The third-order valence-corrected chi connectivity index (χ3v) is 4.10. The molecular weight excluding hydrogens is 258 g/mol. The largest absolute Gasteiger partial charge is 0.316 e. The molecule has 4 heteroatoms. The lowest BCUT2D eigenvalue weighted by Gasteiger charge is -2.10. The number of hydrogen-bond acceptors (Lipinski definition) is 2. The van der Waals surface area contributed by atoms with Gasteiger partial charge in [-0.1, -0.05) is 17.7 Å². The molecule has 1 saturated heterocycles. The van der Waals surface area contributed by atoms with Crippen molar-refractivity contribution < 1.29 is 0 Å². The van der Waals surface area contributed by atoms with Crippen molar-refractivity contribution in [2.24, 2.45) is 0 Å². The smallest absolute Gasteiger partial charge is 0.0663 e. The lowest BCUT2D eigenvalue weighted by molar-refractivity contribution is 0.749. The van der Waals surface area contributed by atoms with Crippen molar-refractivity contribution in [2.75, 3.05) is 13.1 Å². The number of aromatic nitrogens is 2. The van der Waals surface area contributed by atoms with Crippen LogP contribution in [0.5, 0.6) is 0 Å². The Labute approximate surface area is 118 Å². The Balaban J connectivity index is 2.06. The Bertz CT molecular complexity index is 597. The van der Waals surface area contributed by atoms with Crippen LogP contribution < -0.4 is 5.32 Å². The van der Waals surface area contributed by atoms with Crippen molar-refractivity contribution in [1.29, 1.82) is 0 Å². The van der Waals surface area contributed by atoms with Gasteiger partial charge in [0, 0.05) is 28.7 Å². The molecule has 19 heavy (non-hydrogen) atoms. The number of nitrogens with one attached hydrogen (secondary N) is 1. The predicted octanol–water partition coefficient (Wildman–Crippen LogP) is 3.22. The summed E-state index contributed by atoms with van der Waals surface area (Å²) in [7, 11) is 0. The second-order valence-corrected chi connectivity index (χ2v) is 5.60. The molecule has 0 aliphatic carbocycles. The molecule has 1 fully saturated rings. The number of aryl methyl sites for hydroxylation is 1. The Morgan fingerprint density at radius 2 is 2.21 bits per heavy atom. The normalized spacial score (nSPS) is 19.0. The standard InChI is InChI=1S/C15H18ClN3/c1-10-15(12-6-7-17-9-12)11(2)19(18-10)14-5-3-4-13(16)8-14/h3-5,8,12,17H,6-7,9H2,1-2H3. The maximum atomic E-state index is 6.07. The maximum absolute atomic E-state index is 6.07. The second-order valence-electron chi connectivity index (χ2n) is 5.17. The highest BCUT2D eigenvalue weighted by Gasteiger charge is 2.24. The minimum Gasteiger partial charge on any atom is -0.316 e. The van der Waals surface area contributed by atoms with Crippen molar-refractivity contribution in [3.8, 4) is 5.69 Å². The zero-order chi connectivity index (χ0) is 13.4. The third-order valence-electron chi connectivity index (χ3n) is 3.87. The quantitative estimate of drug-likeness (QED) is 0.912. The van der Waals surface area contributed by atoms with Crippen molar-refractivity contribution in [2.45, 2.75) is 26.2 Å². The van der Waals surface area contributed by atoms with E-state index in [0.29, 0.717) is 5.92 Å². The molecule has 0 saturated carbocycles. The first-order chi connectivity index (χ1) is 9.16. The van der Waals surface area contributed by atoms with Gasteiger partial charge in [-0.15, -0.1) is 0 Å². The van der Waals surface area contributed by atoms with Gasteiger partial charge in [0.15, 0.2) is 0 Å². The van der Waals surface area contributed by atoms with E-state index >= 15 is 0 Å². The van der Waals surface area contributed by atoms with Gasteiger partial charge in [0.2, 0.25) is 0 Å². The van der Waals surface area contributed by atoms with Crippen molar-refractivity contribution >= 4 is 11.6 Å². The average molecular weight is 276 g/mol. The molecule has 1 aromatic heterocycles. The highest BCUT2D eigenvalue weighted by Crippen LogP contribution is 2.29. The van der Waals surface area contributed by atoms with Gasteiger partial charge in [-0.25, -0.2) is 4.68 Å². The third kappa shape index (κ3) is 2.28. The minimum absolute atomic E-state index is 0.591. The van der Waals surface area contributed by atoms with Crippen LogP contribution in [-0.2, 0) is 0 Å². The lowest BCUT2D eigenvalue weighted by Crippen LogP contribution is -2.09. The predicted molar refractivity (Wildman–Crippen MR) is 78.3 cm³/mol. The summed E-state index contributed by atoms with van der Waals surface area (Å²) in [4.78, 5) is 0. The molecule has 0 spiro atoms. The number of benzene rings is 1. The monoisotopic (exact) mass is 275 g/mol. The summed E-state index contributed by atoms with van der Waals surface area (Å²) >= 11 is 6.07. The van der Waals surface area contributed by atoms with Gasteiger partial charge >= 0.3 is 0 Å². The van der Waals surface area contributed by atoms with Crippen LogP contribution >= 0.6 is 11.6 Å². The van der Waals surface area contributed by atoms with E-state index < -0.39 is 0 Å². The fourth-order valence-corrected chi connectivity index (χ4v) is 3.19. The van der Waals surface area contributed by atoms with Crippen molar-refractivity contribution in [3.63, 3.8) is 0 Å². The van der Waals surface area contributed by atoms with Crippen LogP contribution in [0.2, 0.25) is 5.02 Å². The van der Waals surface area contributed by atoms with E-state index in [1.54, 1.807) is 0 Å². The van der Waals surface area contributed by atoms with Gasteiger partial charge in [0.1, 0.15) is 0 Å². The van der Waals surface area contributed by atoms with E-state index in [1.165, 1.54) is 17.7 Å². The summed E-state index contributed by atoms with van der Waals surface area (Å²) in [5.74, 6) is 0.591. The zero-order valence-electron chi connectivity index (χ0n) is 11.3. The molecule has 1 aromatic carbocycles. The van der Waals surface area contributed by atoms with Crippen LogP contribution in [0.25, 0.3) is 5.69 Å². The molecule has 1 N–H and O–H groups in total. The number of rotatable bonds is 2. The van der Waals surface area contributed by atoms with E-state index in [1.807, 2.05) is 28.9 Å². The number of halogens is 1. The van der Waals surface area contributed by atoms with Gasteiger partial charge in [0.25, 0.3) is 0 Å². The Morgan fingerprint density at radius 3 is 2.89 bits per heavy atom. The van der Waals surface area contributed by atoms with E-state index in [2.05, 4.69) is 19.2 Å². The van der Waals surface area contributed by atoms with Crippen LogP contribution in [-0.4, -0.2) is 22.9 Å². The van der Waals surface area contributed by atoms with Crippen LogP contribution in [0, 0.1) is 13.8 Å². The summed E-state index contributed by atoms with van der Waals surface area (Å²) in [5, 5.41) is 8.87. The molecule has 2 heterocycles. The van der Waals surface area contributed by atoms with Gasteiger partial charge in [-0.05, 0) is 45.0 Å². The molecule has 1 aliphatic heterocycles. The van der Waals surface area contributed by atoms with Gasteiger partial charge in [0.05, 0.1) is 11.4 Å². The molecule has 100 valence electrons. The van der Waals surface area contributed by atoms with Crippen LogP contribution in [0.15, 0.2) is 24.3 Å². The molecule has 0 bridgehead atoms. The van der Waals surface area contributed by atoms with Crippen LogP contribution in [0.1, 0.15) is 29.3 Å². The van der Waals surface area contributed by atoms with Crippen molar-refractivity contribution in [3.05, 3.63) is 46.2 Å². The van der Waals surface area contributed by atoms with E-state index in [9.17, 15) is 0 Å². The van der Waals surface area contributed by atoms with E-state index in [0.717, 1.165) is 29.5 Å². The number of nitrogens with zero attached hydrogens (tertiary/aromatic N) is 2. The lowest BCUT2D eigenvalue weighted by atomic mass is 9.96. The van der Waals surface area contributed by atoms with Crippen molar-refractivity contribution in [1.82, 2.24) is 15.1 Å². The summed E-state index contributed by atoms with van der Waals surface area (Å²) in [6.45, 7) is 6.41. The first kappa shape index (κ1) is 12.7. The first-order valence-electron chi connectivity index (χ1n) is 6.69. The van der Waals surface area contributed by atoms with Crippen LogP contribution in [0.3, 0.4) is 0 Å². The van der Waals surface area contributed by atoms with Gasteiger partial charge in [-0.3, -0.25) is 0 Å². The maximum Gasteiger partial charge on any atom is 0.0663 e. The van der Waals surface area contributed by atoms with E-state index in [-0.39, 0.29) is 0 Å². The molecule has 3 nitrogen and oxygen atoms in total. The SMILES string of the molecule is Cc1nn(-c2cccc(Cl)c2)c(C)c1C1CCNC1. The summed E-state index contributed by atoms with van der Waals surface area (Å²) in [6, 6.07) is 7.85. The first-order valence-corrected chi connectivity index (χ1v) is 7.07. The minimum atomic E-state index is 0.591. The Morgan fingerprint density at radius 1 is 1.37 bits per heavy atom. The molecule has 0 radical (unpaired) electrons. The molecule has 1 aliphatic rings. The fourth-order valence-electron chi connectivity index (χ4n) is 3.01. The molecular formula is C15H18ClN3. The highest BCUT2D eigenvalue weighted by atomic mass is 35.5. The second kappa shape index (κ2) is 4.99. The van der Waals surface area contributed by atoms with E-state index in [4.69, 9.17) is 16.7 Å². The highest BCUT2D eigenvalue weighted by molar-refractivity contribution is 6.30. The van der Waals surface area contributed by atoms with Gasteiger partial charge < -0.3 is 5.32 Å².